The average molecular weight is 355 g/mol. The maximum atomic E-state index is 12.7. The number of amides is 1. The van der Waals surface area contributed by atoms with E-state index in [1.807, 2.05) is 11.8 Å². The van der Waals surface area contributed by atoms with Gasteiger partial charge in [-0.05, 0) is 50.5 Å². The lowest BCUT2D eigenvalue weighted by molar-refractivity contribution is 0.0781. The van der Waals surface area contributed by atoms with E-state index in [1.54, 1.807) is 15.9 Å². The fourth-order valence-electron chi connectivity index (χ4n) is 4.10. The van der Waals surface area contributed by atoms with E-state index >= 15 is 0 Å². The molecule has 0 aromatic carbocycles. The molecule has 3 aromatic rings. The van der Waals surface area contributed by atoms with E-state index in [9.17, 15) is 4.79 Å². The zero-order chi connectivity index (χ0) is 17.1. The van der Waals surface area contributed by atoms with Gasteiger partial charge in [0.2, 0.25) is 5.82 Å². The van der Waals surface area contributed by atoms with Crippen molar-refractivity contribution in [2.24, 2.45) is 5.92 Å². The summed E-state index contributed by atoms with van der Waals surface area (Å²) in [5.41, 5.74) is 2.18. The highest BCUT2D eigenvalue weighted by Crippen LogP contribution is 2.39. The first-order valence-electron chi connectivity index (χ1n) is 9.08. The summed E-state index contributed by atoms with van der Waals surface area (Å²) >= 11 is 1.79. The molecule has 3 aromatic heterocycles. The Labute approximate surface area is 149 Å². The van der Waals surface area contributed by atoms with Gasteiger partial charge in [-0.3, -0.25) is 4.79 Å². The van der Waals surface area contributed by atoms with E-state index < -0.39 is 0 Å². The number of rotatable bonds is 1. The average Bonchev–Trinajstić information content (AvgIpc) is 3.31. The Kier molecular flexibility index (Phi) is 3.35. The molecule has 1 aliphatic heterocycles. The van der Waals surface area contributed by atoms with Crippen molar-refractivity contribution in [3.63, 3.8) is 0 Å². The quantitative estimate of drug-likeness (QED) is 0.673. The lowest BCUT2D eigenvalue weighted by Gasteiger charge is -2.17. The fourth-order valence-corrected chi connectivity index (χ4v) is 5.36. The predicted molar refractivity (Wildman–Crippen MR) is 97.2 cm³/mol. The summed E-state index contributed by atoms with van der Waals surface area (Å²) in [5.74, 6) is 1.73. The van der Waals surface area contributed by atoms with Gasteiger partial charge in [-0.25, -0.2) is 9.97 Å². The van der Waals surface area contributed by atoms with Crippen LogP contribution in [-0.2, 0) is 12.8 Å². The molecule has 6 nitrogen and oxygen atoms in total. The summed E-state index contributed by atoms with van der Waals surface area (Å²) in [6, 6.07) is 0. The molecular weight excluding hydrogens is 334 g/mol. The number of carbonyl (C=O) groups is 1. The van der Waals surface area contributed by atoms with Crippen LogP contribution in [-0.4, -0.2) is 43.5 Å². The summed E-state index contributed by atoms with van der Waals surface area (Å²) in [6.45, 7) is 5.86. The third-order valence-electron chi connectivity index (χ3n) is 5.47. The fraction of sp³-hybridized carbons (Fsp3) is 0.556. The first kappa shape index (κ1) is 15.3. The van der Waals surface area contributed by atoms with Crippen LogP contribution in [0.25, 0.3) is 15.9 Å². The third-order valence-corrected chi connectivity index (χ3v) is 6.66. The molecule has 4 heterocycles. The summed E-state index contributed by atoms with van der Waals surface area (Å²) < 4.78 is 1.76. The minimum atomic E-state index is -0.0498. The molecule has 0 N–H and O–H groups in total. The van der Waals surface area contributed by atoms with Gasteiger partial charge >= 0.3 is 0 Å². The highest BCUT2D eigenvalue weighted by atomic mass is 32.1. The molecular formula is C18H21N5OS. The first-order chi connectivity index (χ1) is 12.1. The minimum absolute atomic E-state index is 0.0498. The Bertz CT molecular complexity index is 998. The Balaban J connectivity index is 1.71. The van der Waals surface area contributed by atoms with Crippen LogP contribution >= 0.6 is 11.3 Å². The van der Waals surface area contributed by atoms with Crippen molar-refractivity contribution >= 4 is 33.1 Å². The van der Waals surface area contributed by atoms with Gasteiger partial charge in [-0.2, -0.15) is 4.52 Å². The first-order valence-corrected chi connectivity index (χ1v) is 9.90. The standard InChI is InChI=1S/C18H21N5OS/c1-10-5-6-13-12(9-10)14-16-20-15(18(24)22-7-3-4-8-22)21-23(16)11(2)19-17(14)25-13/h10H,3-9H2,1-2H3. The second-order valence-electron chi connectivity index (χ2n) is 7.36. The normalized spacial score (nSPS) is 20.6. The van der Waals surface area contributed by atoms with E-state index in [0.29, 0.717) is 11.7 Å². The lowest BCUT2D eigenvalue weighted by atomic mass is 9.89. The molecule has 1 atom stereocenters. The van der Waals surface area contributed by atoms with Crippen molar-refractivity contribution in [2.75, 3.05) is 13.1 Å². The summed E-state index contributed by atoms with van der Waals surface area (Å²) in [5, 5.41) is 5.63. The van der Waals surface area contributed by atoms with Crippen LogP contribution in [0.1, 0.15) is 53.1 Å². The number of hydrogen-bond donors (Lipinski definition) is 0. The predicted octanol–water partition coefficient (Wildman–Crippen LogP) is 3.01. The third kappa shape index (κ3) is 2.28. The number of thiophene rings is 1. The maximum Gasteiger partial charge on any atom is 0.293 e. The van der Waals surface area contributed by atoms with Crippen molar-refractivity contribution in [1.29, 1.82) is 0 Å². The van der Waals surface area contributed by atoms with Gasteiger partial charge in [-0.1, -0.05) is 6.92 Å². The van der Waals surface area contributed by atoms with E-state index in [-0.39, 0.29) is 5.91 Å². The molecule has 1 unspecified atom stereocenters. The van der Waals surface area contributed by atoms with E-state index in [4.69, 9.17) is 4.98 Å². The number of nitrogens with zero attached hydrogens (tertiary/aromatic N) is 5. The van der Waals surface area contributed by atoms with Crippen molar-refractivity contribution in [2.45, 2.75) is 46.0 Å². The van der Waals surface area contributed by atoms with Crippen LogP contribution < -0.4 is 0 Å². The van der Waals surface area contributed by atoms with Gasteiger partial charge in [0.15, 0.2) is 5.65 Å². The second-order valence-corrected chi connectivity index (χ2v) is 8.44. The molecule has 0 spiro atoms. The Morgan fingerprint density at radius 1 is 1.24 bits per heavy atom. The topological polar surface area (TPSA) is 63.4 Å². The van der Waals surface area contributed by atoms with E-state index in [0.717, 1.165) is 60.5 Å². The van der Waals surface area contributed by atoms with Gasteiger partial charge < -0.3 is 4.90 Å². The van der Waals surface area contributed by atoms with Crippen molar-refractivity contribution < 1.29 is 4.79 Å². The smallest absolute Gasteiger partial charge is 0.293 e. The van der Waals surface area contributed by atoms with Gasteiger partial charge in [-0.15, -0.1) is 16.4 Å². The molecule has 130 valence electrons. The van der Waals surface area contributed by atoms with E-state index in [1.165, 1.54) is 16.9 Å². The highest BCUT2D eigenvalue weighted by Gasteiger charge is 2.27. The van der Waals surface area contributed by atoms with Gasteiger partial charge in [0, 0.05) is 18.0 Å². The molecule has 1 saturated heterocycles. The molecule has 0 radical (unpaired) electrons. The summed E-state index contributed by atoms with van der Waals surface area (Å²) in [6.07, 6.45) is 5.56. The maximum absolute atomic E-state index is 12.7. The molecule has 25 heavy (non-hydrogen) atoms. The Morgan fingerprint density at radius 3 is 2.84 bits per heavy atom. The van der Waals surface area contributed by atoms with Crippen LogP contribution in [0, 0.1) is 12.8 Å². The molecule has 2 aliphatic rings. The zero-order valence-electron chi connectivity index (χ0n) is 14.6. The van der Waals surface area contributed by atoms with Gasteiger partial charge in [0.25, 0.3) is 5.91 Å². The minimum Gasteiger partial charge on any atom is -0.336 e. The van der Waals surface area contributed by atoms with Crippen LogP contribution in [0.5, 0.6) is 0 Å². The number of carbonyl (C=O) groups excluding carboxylic acids is 1. The SMILES string of the molecule is Cc1nc2sc3c(c2c2nc(C(=O)N4CCCC4)nn12)CC(C)CC3. The Morgan fingerprint density at radius 2 is 2.04 bits per heavy atom. The van der Waals surface area contributed by atoms with Gasteiger partial charge in [0.1, 0.15) is 10.7 Å². The molecule has 0 bridgehead atoms. The number of aryl methyl sites for hydroxylation is 2. The van der Waals surface area contributed by atoms with Crippen LogP contribution in [0.4, 0.5) is 0 Å². The van der Waals surface area contributed by atoms with Gasteiger partial charge in [0.05, 0.1) is 5.39 Å². The number of likely N-dealkylation sites (tertiary alicyclic amines) is 1. The van der Waals surface area contributed by atoms with Crippen LogP contribution in [0.15, 0.2) is 0 Å². The molecule has 1 fully saturated rings. The summed E-state index contributed by atoms with van der Waals surface area (Å²) in [4.78, 5) is 26.5. The summed E-state index contributed by atoms with van der Waals surface area (Å²) in [7, 11) is 0. The van der Waals surface area contributed by atoms with Crippen LogP contribution in [0.3, 0.4) is 0 Å². The molecule has 0 saturated carbocycles. The molecule has 1 amide bonds. The van der Waals surface area contributed by atoms with Crippen molar-refractivity contribution in [3.8, 4) is 0 Å². The molecule has 7 heteroatoms. The monoisotopic (exact) mass is 355 g/mol. The number of hydrogen-bond acceptors (Lipinski definition) is 5. The Hall–Kier alpha value is -2.02. The lowest BCUT2D eigenvalue weighted by Crippen LogP contribution is -2.28. The van der Waals surface area contributed by atoms with Crippen molar-refractivity contribution in [3.05, 3.63) is 22.1 Å². The second kappa shape index (κ2) is 5.49. The molecule has 5 rings (SSSR count). The zero-order valence-corrected chi connectivity index (χ0v) is 15.4. The van der Waals surface area contributed by atoms with Crippen molar-refractivity contribution in [1.82, 2.24) is 24.5 Å². The highest BCUT2D eigenvalue weighted by molar-refractivity contribution is 7.19. The molecule has 1 aliphatic carbocycles. The van der Waals surface area contributed by atoms with Crippen LogP contribution in [0.2, 0.25) is 0 Å². The largest absolute Gasteiger partial charge is 0.336 e. The van der Waals surface area contributed by atoms with E-state index in [2.05, 4.69) is 17.0 Å². The number of fused-ring (bicyclic) bond motifs is 5. The number of aromatic nitrogens is 4.